The van der Waals surface area contributed by atoms with Gasteiger partial charge in [-0.25, -0.2) is 0 Å². The second kappa shape index (κ2) is 4.20. The molecule has 1 aromatic carbocycles. The van der Waals surface area contributed by atoms with E-state index in [4.69, 9.17) is 31.0 Å². The van der Waals surface area contributed by atoms with Crippen molar-refractivity contribution >= 4 is 31.0 Å². The van der Waals surface area contributed by atoms with Crippen LogP contribution < -0.4 is 0 Å². The van der Waals surface area contributed by atoms with Crippen molar-refractivity contribution in [1.29, 1.82) is 0 Å². The molecule has 0 aromatic heterocycles. The molecule has 1 unspecified atom stereocenters. The molecule has 1 rings (SSSR count). The van der Waals surface area contributed by atoms with Gasteiger partial charge in [-0.3, -0.25) is 0 Å². The number of hydrogen-bond acceptors (Lipinski definition) is 0. The molecule has 0 aliphatic rings. The van der Waals surface area contributed by atoms with E-state index in [0.717, 1.165) is 12.0 Å². The molecule has 0 saturated heterocycles. The molecule has 0 saturated carbocycles. The minimum Gasteiger partial charge on any atom is -0.0827 e. The van der Waals surface area contributed by atoms with Crippen LogP contribution in [0.1, 0.15) is 24.7 Å². The van der Waals surface area contributed by atoms with E-state index in [2.05, 4.69) is 0 Å². The molecule has 62 valence electrons. The largest absolute Gasteiger partial charge is 0.0827 e. The predicted octanol–water partition coefficient (Wildman–Crippen LogP) is 3.61. The smallest absolute Gasteiger partial charge is 0.0763 e. The first-order valence-corrected chi connectivity index (χ1v) is 4.61. The van der Waals surface area contributed by atoms with Crippen molar-refractivity contribution < 1.29 is 0 Å². The molecule has 0 amide bonds. The van der Waals surface area contributed by atoms with E-state index in [1.54, 1.807) is 6.07 Å². The Hall–Kier alpha value is -0.135. The molecule has 0 heterocycles. The zero-order valence-corrected chi connectivity index (χ0v) is 8.36. The molecule has 0 bridgehead atoms. The van der Waals surface area contributed by atoms with E-state index in [1.807, 2.05) is 19.1 Å². The molecule has 0 nitrogen and oxygen atoms in total. The number of benzene rings is 1. The fourth-order valence-electron chi connectivity index (χ4n) is 0.979. The molecule has 12 heavy (non-hydrogen) atoms. The average molecular weight is 199 g/mol. The van der Waals surface area contributed by atoms with Crippen molar-refractivity contribution in [2.75, 3.05) is 0 Å². The van der Waals surface area contributed by atoms with Gasteiger partial charge in [0.2, 0.25) is 0 Å². The van der Waals surface area contributed by atoms with Crippen molar-refractivity contribution in [3.05, 3.63) is 33.8 Å². The third-order valence-electron chi connectivity index (χ3n) is 1.81. The summed E-state index contributed by atoms with van der Waals surface area (Å²) in [6.45, 7) is 2.03. The first-order chi connectivity index (χ1) is 5.65. The highest BCUT2D eigenvalue weighted by atomic mass is 35.5. The summed E-state index contributed by atoms with van der Waals surface area (Å²) in [6, 6.07) is 5.50. The van der Waals surface area contributed by atoms with Crippen LogP contribution in [0.5, 0.6) is 0 Å². The summed E-state index contributed by atoms with van der Waals surface area (Å²) in [5.74, 6) is 0.0553. The summed E-state index contributed by atoms with van der Waals surface area (Å²) in [6.07, 6.45) is 0.901. The Kier molecular flexibility index (Phi) is 3.48. The van der Waals surface area contributed by atoms with Gasteiger partial charge in [0.25, 0.3) is 0 Å². The Balaban J connectivity index is 2.96. The first kappa shape index (κ1) is 9.95. The second-order valence-electron chi connectivity index (χ2n) is 2.69. The van der Waals surface area contributed by atoms with Crippen LogP contribution in [0.25, 0.3) is 0 Å². The topological polar surface area (TPSA) is 0 Å². The Bertz CT molecular complexity index is 273. The lowest BCUT2D eigenvalue weighted by molar-refractivity contribution is 0.882. The van der Waals surface area contributed by atoms with Crippen molar-refractivity contribution in [2.45, 2.75) is 19.2 Å². The monoisotopic (exact) mass is 198 g/mol. The maximum Gasteiger partial charge on any atom is 0.0763 e. The zero-order valence-electron chi connectivity index (χ0n) is 6.85. The lowest BCUT2D eigenvalue weighted by atomic mass is 9.79. The highest BCUT2D eigenvalue weighted by Gasteiger charge is 2.04. The first-order valence-electron chi connectivity index (χ1n) is 3.85. The molecular formula is C9H9BCl2. The third-order valence-corrected chi connectivity index (χ3v) is 2.55. The van der Waals surface area contributed by atoms with Crippen LogP contribution in [0.3, 0.4) is 0 Å². The van der Waals surface area contributed by atoms with Crippen LogP contribution in [0, 0.1) is 0 Å². The molecular weight excluding hydrogens is 190 g/mol. The quantitative estimate of drug-likeness (QED) is 0.638. The van der Waals surface area contributed by atoms with Crippen LogP contribution in [0.4, 0.5) is 0 Å². The standard InChI is InChI=1S/C9H9BCl2/c1-2-7(10)6-3-4-8(11)9(12)5-6/h3-5,7H,2H2,1H3. The molecule has 0 aliphatic carbocycles. The van der Waals surface area contributed by atoms with Gasteiger partial charge in [0.1, 0.15) is 0 Å². The maximum absolute atomic E-state index is 5.83. The second-order valence-corrected chi connectivity index (χ2v) is 3.50. The van der Waals surface area contributed by atoms with Gasteiger partial charge >= 0.3 is 0 Å². The number of halogens is 2. The van der Waals surface area contributed by atoms with E-state index in [0.29, 0.717) is 10.0 Å². The lowest BCUT2D eigenvalue weighted by Crippen LogP contribution is -1.95. The fourth-order valence-corrected chi connectivity index (χ4v) is 1.29. The van der Waals surface area contributed by atoms with Crippen LogP contribution in [-0.4, -0.2) is 7.85 Å². The van der Waals surface area contributed by atoms with Crippen LogP contribution in [-0.2, 0) is 0 Å². The van der Waals surface area contributed by atoms with Crippen molar-refractivity contribution in [1.82, 2.24) is 0 Å². The number of hydrogen-bond donors (Lipinski definition) is 0. The Morgan fingerprint density at radius 1 is 1.33 bits per heavy atom. The Morgan fingerprint density at radius 2 is 2.00 bits per heavy atom. The lowest BCUT2D eigenvalue weighted by Gasteiger charge is -2.09. The van der Waals surface area contributed by atoms with Gasteiger partial charge in [0.05, 0.1) is 17.9 Å². The zero-order chi connectivity index (χ0) is 9.14. The molecule has 0 N–H and O–H groups in total. The fraction of sp³-hybridized carbons (Fsp3) is 0.333. The third kappa shape index (κ3) is 2.18. The maximum atomic E-state index is 5.83. The SMILES string of the molecule is [B]C(CC)c1ccc(Cl)c(Cl)c1. The summed E-state index contributed by atoms with van der Waals surface area (Å²) < 4.78 is 0. The summed E-state index contributed by atoms with van der Waals surface area (Å²) in [5.41, 5.74) is 1.03. The molecule has 0 aliphatic heterocycles. The summed E-state index contributed by atoms with van der Waals surface area (Å²) in [7, 11) is 5.81. The normalized spacial score (nSPS) is 12.9. The molecule has 0 spiro atoms. The van der Waals surface area contributed by atoms with E-state index in [1.165, 1.54) is 0 Å². The molecule has 0 fully saturated rings. The minimum atomic E-state index is 0.0553. The summed E-state index contributed by atoms with van der Waals surface area (Å²) >= 11 is 11.6. The average Bonchev–Trinajstić information content (AvgIpc) is 2.08. The van der Waals surface area contributed by atoms with Crippen molar-refractivity contribution in [3.63, 3.8) is 0 Å². The van der Waals surface area contributed by atoms with Crippen molar-refractivity contribution in [2.24, 2.45) is 0 Å². The van der Waals surface area contributed by atoms with E-state index < -0.39 is 0 Å². The van der Waals surface area contributed by atoms with Gasteiger partial charge in [0.15, 0.2) is 0 Å². The van der Waals surface area contributed by atoms with Crippen molar-refractivity contribution in [3.8, 4) is 0 Å². The molecule has 3 heteroatoms. The van der Waals surface area contributed by atoms with Crippen LogP contribution in [0.15, 0.2) is 18.2 Å². The Labute approximate surface area is 84.3 Å². The van der Waals surface area contributed by atoms with E-state index in [-0.39, 0.29) is 5.82 Å². The van der Waals surface area contributed by atoms with Gasteiger partial charge in [-0.2, -0.15) is 0 Å². The number of rotatable bonds is 2. The highest BCUT2D eigenvalue weighted by Crippen LogP contribution is 2.26. The van der Waals surface area contributed by atoms with E-state index >= 15 is 0 Å². The van der Waals surface area contributed by atoms with Gasteiger partial charge in [-0.1, -0.05) is 54.0 Å². The molecule has 1 aromatic rings. The highest BCUT2D eigenvalue weighted by molar-refractivity contribution is 6.42. The predicted molar refractivity (Wildman–Crippen MR) is 55.2 cm³/mol. The van der Waals surface area contributed by atoms with Gasteiger partial charge in [0, 0.05) is 0 Å². The molecule has 1 atom stereocenters. The minimum absolute atomic E-state index is 0.0553. The van der Waals surface area contributed by atoms with Gasteiger partial charge < -0.3 is 0 Å². The summed E-state index contributed by atoms with van der Waals surface area (Å²) in [5, 5.41) is 1.14. The van der Waals surface area contributed by atoms with Crippen LogP contribution in [0.2, 0.25) is 10.0 Å². The Morgan fingerprint density at radius 3 is 2.50 bits per heavy atom. The molecule has 2 radical (unpaired) electrons. The summed E-state index contributed by atoms with van der Waals surface area (Å²) in [4.78, 5) is 0. The van der Waals surface area contributed by atoms with Gasteiger partial charge in [-0.05, 0) is 12.1 Å². The van der Waals surface area contributed by atoms with Crippen LogP contribution >= 0.6 is 23.2 Å². The van der Waals surface area contributed by atoms with Gasteiger partial charge in [-0.15, -0.1) is 0 Å². The van der Waals surface area contributed by atoms with E-state index in [9.17, 15) is 0 Å².